The fraction of sp³-hybridized carbons (Fsp3) is 0.250. The molecule has 0 amide bonds. The van der Waals surface area contributed by atoms with Crippen molar-refractivity contribution in [3.05, 3.63) is 39.7 Å². The van der Waals surface area contributed by atoms with Crippen LogP contribution >= 0.6 is 0 Å². The van der Waals surface area contributed by atoms with Crippen molar-refractivity contribution in [2.75, 3.05) is 5.73 Å². The van der Waals surface area contributed by atoms with Crippen molar-refractivity contribution in [1.29, 1.82) is 0 Å². The minimum absolute atomic E-state index is 0.0178. The number of hydrogen-bond donors (Lipinski definition) is 1. The maximum atomic E-state index is 11.6. The average Bonchev–Trinajstić information content (AvgIpc) is 2.18. The third kappa shape index (κ3) is 1.40. The first-order chi connectivity index (χ1) is 7.00. The first-order valence-electron chi connectivity index (χ1n) is 4.87. The van der Waals surface area contributed by atoms with E-state index in [9.17, 15) is 4.79 Å². The molecule has 0 unspecified atom stereocenters. The molecule has 3 nitrogen and oxygen atoms in total. The number of nitrogens with zero attached hydrogens (tertiary/aromatic N) is 1. The van der Waals surface area contributed by atoms with Crippen molar-refractivity contribution in [1.82, 2.24) is 4.57 Å². The van der Waals surface area contributed by atoms with Gasteiger partial charge < -0.3 is 10.3 Å². The number of pyridine rings is 1. The van der Waals surface area contributed by atoms with Gasteiger partial charge in [0.05, 0.1) is 5.52 Å². The first kappa shape index (κ1) is 9.77. The highest BCUT2D eigenvalue weighted by molar-refractivity contribution is 5.86. The van der Waals surface area contributed by atoms with Gasteiger partial charge in [0.15, 0.2) is 0 Å². The first-order valence-corrected chi connectivity index (χ1v) is 4.87. The fourth-order valence-electron chi connectivity index (χ4n) is 1.78. The van der Waals surface area contributed by atoms with Crippen LogP contribution < -0.4 is 11.3 Å². The number of rotatable bonds is 0. The molecule has 2 rings (SSSR count). The Labute approximate surface area is 88.1 Å². The van der Waals surface area contributed by atoms with Crippen molar-refractivity contribution in [2.45, 2.75) is 13.8 Å². The summed E-state index contributed by atoms with van der Waals surface area (Å²) >= 11 is 0. The molecule has 0 aliphatic heterocycles. The quantitative estimate of drug-likeness (QED) is 0.661. The molecule has 0 aliphatic rings. The normalized spacial score (nSPS) is 10.9. The maximum Gasteiger partial charge on any atom is 0.251 e. The zero-order valence-electron chi connectivity index (χ0n) is 9.16. The Morgan fingerprint density at radius 3 is 2.47 bits per heavy atom. The Kier molecular flexibility index (Phi) is 2.03. The van der Waals surface area contributed by atoms with Crippen molar-refractivity contribution < 1.29 is 0 Å². The summed E-state index contributed by atoms with van der Waals surface area (Å²) in [5, 5.41) is 1.04. The smallest absolute Gasteiger partial charge is 0.251 e. The van der Waals surface area contributed by atoms with Crippen LogP contribution in [0.5, 0.6) is 0 Å². The van der Waals surface area contributed by atoms with Crippen LogP contribution in [0.4, 0.5) is 5.69 Å². The fourth-order valence-corrected chi connectivity index (χ4v) is 1.78. The summed E-state index contributed by atoms with van der Waals surface area (Å²) in [7, 11) is 1.78. The van der Waals surface area contributed by atoms with E-state index in [-0.39, 0.29) is 5.56 Å². The molecule has 0 bridgehead atoms. The highest BCUT2D eigenvalue weighted by Gasteiger charge is 2.05. The van der Waals surface area contributed by atoms with Gasteiger partial charge in [-0.15, -0.1) is 0 Å². The Morgan fingerprint density at radius 2 is 1.80 bits per heavy atom. The lowest BCUT2D eigenvalue weighted by molar-refractivity contribution is 0.902. The summed E-state index contributed by atoms with van der Waals surface area (Å²) in [6.07, 6.45) is 0. The van der Waals surface area contributed by atoms with Gasteiger partial charge >= 0.3 is 0 Å². The largest absolute Gasteiger partial charge is 0.398 e. The monoisotopic (exact) mass is 202 g/mol. The Hall–Kier alpha value is -1.77. The molecular weight excluding hydrogens is 188 g/mol. The molecule has 2 aromatic rings. The number of hydrogen-bond acceptors (Lipinski definition) is 2. The van der Waals surface area contributed by atoms with E-state index in [2.05, 4.69) is 0 Å². The van der Waals surface area contributed by atoms with Gasteiger partial charge in [-0.1, -0.05) is 0 Å². The van der Waals surface area contributed by atoms with Crippen molar-refractivity contribution >= 4 is 16.6 Å². The molecule has 0 saturated carbocycles. The molecule has 0 fully saturated rings. The molecule has 1 heterocycles. The van der Waals surface area contributed by atoms with Crippen LogP contribution in [-0.2, 0) is 7.05 Å². The summed E-state index contributed by atoms with van der Waals surface area (Å²) in [6, 6.07) is 5.52. The second kappa shape index (κ2) is 3.12. The van der Waals surface area contributed by atoms with Crippen LogP contribution in [-0.4, -0.2) is 4.57 Å². The van der Waals surface area contributed by atoms with E-state index >= 15 is 0 Å². The maximum absolute atomic E-state index is 11.6. The minimum atomic E-state index is 0.0178. The lowest BCUT2D eigenvalue weighted by atomic mass is 10.1. The number of fused-ring (bicyclic) bond motifs is 1. The van der Waals surface area contributed by atoms with Crippen LogP contribution in [0.15, 0.2) is 23.0 Å². The van der Waals surface area contributed by atoms with Gasteiger partial charge in [0.1, 0.15) is 0 Å². The molecule has 0 atom stereocenters. The van der Waals surface area contributed by atoms with E-state index in [1.807, 2.05) is 26.0 Å². The number of aryl methyl sites for hydroxylation is 3. The van der Waals surface area contributed by atoms with Gasteiger partial charge in [-0.05, 0) is 37.1 Å². The van der Waals surface area contributed by atoms with Gasteiger partial charge in [0.25, 0.3) is 5.56 Å². The number of nitrogen functional groups attached to an aromatic ring is 1. The van der Waals surface area contributed by atoms with Crippen LogP contribution in [0.3, 0.4) is 0 Å². The number of anilines is 1. The van der Waals surface area contributed by atoms with E-state index < -0.39 is 0 Å². The van der Waals surface area contributed by atoms with E-state index in [1.54, 1.807) is 17.7 Å². The SMILES string of the molecule is Cc1cc2c(cc1N)c(C)cc(=O)n2C. The predicted molar refractivity (Wildman–Crippen MR) is 63.1 cm³/mol. The van der Waals surface area contributed by atoms with E-state index in [4.69, 9.17) is 5.73 Å². The van der Waals surface area contributed by atoms with Crippen molar-refractivity contribution in [3.8, 4) is 0 Å². The van der Waals surface area contributed by atoms with Gasteiger partial charge in [0, 0.05) is 24.2 Å². The summed E-state index contributed by atoms with van der Waals surface area (Å²) < 4.78 is 1.65. The summed E-state index contributed by atoms with van der Waals surface area (Å²) in [4.78, 5) is 11.6. The molecule has 15 heavy (non-hydrogen) atoms. The third-order valence-corrected chi connectivity index (χ3v) is 2.84. The van der Waals surface area contributed by atoms with Gasteiger partial charge in [-0.2, -0.15) is 0 Å². The number of nitrogens with two attached hydrogens (primary N) is 1. The highest BCUT2D eigenvalue weighted by atomic mass is 16.1. The van der Waals surface area contributed by atoms with Crippen LogP contribution in [0, 0.1) is 13.8 Å². The number of benzene rings is 1. The van der Waals surface area contributed by atoms with Gasteiger partial charge in [-0.3, -0.25) is 4.79 Å². The second-order valence-electron chi connectivity index (χ2n) is 3.95. The van der Waals surface area contributed by atoms with Gasteiger partial charge in [0.2, 0.25) is 0 Å². The Bertz CT molecular complexity index is 597. The molecule has 3 heteroatoms. The van der Waals surface area contributed by atoms with Gasteiger partial charge in [-0.25, -0.2) is 0 Å². The lowest BCUT2D eigenvalue weighted by Crippen LogP contribution is -2.16. The predicted octanol–water partition coefficient (Wildman–Crippen LogP) is 1.74. The highest BCUT2D eigenvalue weighted by Crippen LogP contribution is 2.22. The van der Waals surface area contributed by atoms with Crippen LogP contribution in [0.2, 0.25) is 0 Å². The molecule has 0 saturated heterocycles. The summed E-state index contributed by atoms with van der Waals surface area (Å²) in [6.45, 7) is 3.88. The zero-order chi connectivity index (χ0) is 11.2. The topological polar surface area (TPSA) is 48.0 Å². The van der Waals surface area contributed by atoms with E-state index in [0.717, 1.165) is 27.7 Å². The standard InChI is InChI=1S/C12H14N2O/c1-7-5-12(15)14(3)11-4-8(2)10(13)6-9(7)11/h4-6H,13H2,1-3H3. The molecule has 0 aliphatic carbocycles. The molecule has 1 aromatic carbocycles. The van der Waals surface area contributed by atoms with Crippen molar-refractivity contribution in [2.24, 2.45) is 7.05 Å². The Balaban J connectivity index is 3.04. The van der Waals surface area contributed by atoms with Crippen LogP contribution in [0.1, 0.15) is 11.1 Å². The van der Waals surface area contributed by atoms with E-state index in [0.29, 0.717) is 0 Å². The molecule has 0 spiro atoms. The van der Waals surface area contributed by atoms with Crippen molar-refractivity contribution in [3.63, 3.8) is 0 Å². The summed E-state index contributed by atoms with van der Waals surface area (Å²) in [5.41, 5.74) is 9.55. The zero-order valence-corrected chi connectivity index (χ0v) is 9.16. The number of aromatic nitrogens is 1. The molecular formula is C12H14N2O. The molecule has 78 valence electrons. The Morgan fingerprint density at radius 1 is 1.13 bits per heavy atom. The lowest BCUT2D eigenvalue weighted by Gasteiger charge is -2.10. The molecule has 0 radical (unpaired) electrons. The molecule has 2 N–H and O–H groups in total. The third-order valence-electron chi connectivity index (χ3n) is 2.84. The minimum Gasteiger partial charge on any atom is -0.398 e. The molecule has 1 aromatic heterocycles. The summed E-state index contributed by atoms with van der Waals surface area (Å²) in [5.74, 6) is 0. The van der Waals surface area contributed by atoms with Crippen LogP contribution in [0.25, 0.3) is 10.9 Å². The average molecular weight is 202 g/mol. The van der Waals surface area contributed by atoms with E-state index in [1.165, 1.54) is 0 Å². The second-order valence-corrected chi connectivity index (χ2v) is 3.95.